The summed E-state index contributed by atoms with van der Waals surface area (Å²) in [6, 6.07) is 0. The van der Waals surface area contributed by atoms with Gasteiger partial charge in [0, 0.05) is 11.8 Å². The molecule has 0 radical (unpaired) electrons. The van der Waals surface area contributed by atoms with E-state index in [9.17, 15) is 14.4 Å². The van der Waals surface area contributed by atoms with E-state index in [4.69, 9.17) is 9.47 Å². The molecule has 0 saturated heterocycles. The average Bonchev–Trinajstić information content (AvgIpc) is 2.89. The molecule has 0 spiro atoms. The Morgan fingerprint density at radius 3 is 2.36 bits per heavy atom. The molecule has 1 atom stereocenters. The van der Waals surface area contributed by atoms with Gasteiger partial charge in [-0.15, -0.1) is 11.3 Å². The maximum atomic E-state index is 12.7. The first-order chi connectivity index (χ1) is 12.9. The summed E-state index contributed by atoms with van der Waals surface area (Å²) in [5.74, 6) is -0.923. The molecule has 1 amide bonds. The number of fused-ring (bicyclic) bond motifs is 1. The highest BCUT2D eigenvalue weighted by molar-refractivity contribution is 7.17. The standard InChI is InChI=1S/C21H31NO5S/c1-8-26-18(24)16-14-10-9-13(20(3,4)5)11-15(14)28-17(16)22-19(25)21(6,7)27-12(2)23/h13H,8-11H2,1-7H3,(H,22,25)/t13-/m0/s1. The predicted octanol–water partition coefficient (Wildman–Crippen LogP) is 4.36. The van der Waals surface area contributed by atoms with Gasteiger partial charge in [0.15, 0.2) is 5.60 Å². The van der Waals surface area contributed by atoms with Crippen molar-refractivity contribution in [3.63, 3.8) is 0 Å². The predicted molar refractivity (Wildman–Crippen MR) is 110 cm³/mol. The van der Waals surface area contributed by atoms with E-state index in [1.54, 1.807) is 6.92 Å². The molecular formula is C21H31NO5S. The molecule has 0 unspecified atom stereocenters. The van der Waals surface area contributed by atoms with Gasteiger partial charge in [-0.2, -0.15) is 0 Å². The first-order valence-electron chi connectivity index (χ1n) is 9.69. The second-order valence-corrected chi connectivity index (χ2v) is 9.90. The van der Waals surface area contributed by atoms with Crippen LogP contribution < -0.4 is 5.32 Å². The zero-order valence-electron chi connectivity index (χ0n) is 17.9. The van der Waals surface area contributed by atoms with Crippen LogP contribution in [0.2, 0.25) is 0 Å². The maximum absolute atomic E-state index is 12.7. The first-order valence-corrected chi connectivity index (χ1v) is 10.5. The molecule has 0 saturated carbocycles. The van der Waals surface area contributed by atoms with Crippen LogP contribution in [0.25, 0.3) is 0 Å². The topological polar surface area (TPSA) is 81.7 Å². The SMILES string of the molecule is CCOC(=O)c1c(NC(=O)C(C)(C)OC(C)=O)sc2c1CC[C@H](C(C)(C)C)C2. The van der Waals surface area contributed by atoms with E-state index in [1.165, 1.54) is 32.1 Å². The number of amides is 1. The van der Waals surface area contributed by atoms with E-state index in [2.05, 4.69) is 26.1 Å². The Hall–Kier alpha value is -1.89. The lowest BCUT2D eigenvalue weighted by molar-refractivity contribution is -0.160. The minimum atomic E-state index is -1.34. The molecule has 2 rings (SSSR count). The summed E-state index contributed by atoms with van der Waals surface area (Å²) in [7, 11) is 0. The van der Waals surface area contributed by atoms with E-state index in [0.29, 0.717) is 16.5 Å². The second-order valence-electron chi connectivity index (χ2n) is 8.79. The van der Waals surface area contributed by atoms with Gasteiger partial charge in [-0.05, 0) is 56.9 Å². The van der Waals surface area contributed by atoms with Gasteiger partial charge < -0.3 is 14.8 Å². The van der Waals surface area contributed by atoms with Gasteiger partial charge >= 0.3 is 11.9 Å². The normalized spacial score (nSPS) is 16.9. The zero-order valence-corrected chi connectivity index (χ0v) is 18.7. The quantitative estimate of drug-likeness (QED) is 0.731. The minimum absolute atomic E-state index is 0.173. The van der Waals surface area contributed by atoms with Gasteiger partial charge in [0.25, 0.3) is 5.91 Å². The van der Waals surface area contributed by atoms with Crippen molar-refractivity contribution in [2.75, 3.05) is 11.9 Å². The number of nitrogens with one attached hydrogen (secondary N) is 1. The van der Waals surface area contributed by atoms with Crippen molar-refractivity contribution in [1.82, 2.24) is 0 Å². The van der Waals surface area contributed by atoms with Crippen molar-refractivity contribution >= 4 is 34.2 Å². The van der Waals surface area contributed by atoms with Crippen LogP contribution in [0.1, 0.15) is 75.7 Å². The van der Waals surface area contributed by atoms with Crippen LogP contribution in [0.15, 0.2) is 0 Å². The molecule has 0 fully saturated rings. The Balaban J connectivity index is 2.38. The number of hydrogen-bond donors (Lipinski definition) is 1. The number of carbonyl (C=O) groups is 3. The third kappa shape index (κ3) is 4.93. The highest BCUT2D eigenvalue weighted by atomic mass is 32.1. The lowest BCUT2D eigenvalue weighted by atomic mass is 9.72. The molecule has 6 nitrogen and oxygen atoms in total. The number of hydrogen-bond acceptors (Lipinski definition) is 6. The zero-order chi connectivity index (χ0) is 21.3. The molecule has 0 bridgehead atoms. The molecule has 1 aliphatic rings. The summed E-state index contributed by atoms with van der Waals surface area (Å²) in [5.41, 5.74) is 0.258. The monoisotopic (exact) mass is 409 g/mol. The second kappa shape index (κ2) is 8.23. The Bertz CT molecular complexity index is 772. The van der Waals surface area contributed by atoms with Gasteiger partial charge in [-0.25, -0.2) is 4.79 Å². The molecule has 1 heterocycles. The van der Waals surface area contributed by atoms with Crippen LogP contribution in [0.4, 0.5) is 5.00 Å². The minimum Gasteiger partial charge on any atom is -0.462 e. The molecule has 0 aromatic carbocycles. The number of rotatable bonds is 5. The van der Waals surface area contributed by atoms with E-state index >= 15 is 0 Å². The fourth-order valence-electron chi connectivity index (χ4n) is 3.49. The fourth-order valence-corrected chi connectivity index (χ4v) is 4.80. The van der Waals surface area contributed by atoms with Gasteiger partial charge in [0.1, 0.15) is 5.00 Å². The Kier molecular flexibility index (Phi) is 6.58. The summed E-state index contributed by atoms with van der Waals surface area (Å²) in [5, 5.41) is 3.28. The van der Waals surface area contributed by atoms with Crippen molar-refractivity contribution in [2.45, 2.75) is 73.3 Å². The van der Waals surface area contributed by atoms with E-state index < -0.39 is 23.4 Å². The van der Waals surface area contributed by atoms with E-state index in [1.807, 2.05) is 0 Å². The summed E-state index contributed by atoms with van der Waals surface area (Å²) >= 11 is 1.43. The Morgan fingerprint density at radius 2 is 1.82 bits per heavy atom. The number of anilines is 1. The van der Waals surface area contributed by atoms with Crippen molar-refractivity contribution in [3.8, 4) is 0 Å². The summed E-state index contributed by atoms with van der Waals surface area (Å²) in [4.78, 5) is 37.8. The lowest BCUT2D eigenvalue weighted by Crippen LogP contribution is -2.41. The molecule has 0 aliphatic heterocycles. The molecule has 1 aliphatic carbocycles. The molecule has 28 heavy (non-hydrogen) atoms. The Labute approximate surface area is 171 Å². The van der Waals surface area contributed by atoms with Crippen LogP contribution in [-0.4, -0.2) is 30.1 Å². The molecule has 156 valence electrons. The van der Waals surface area contributed by atoms with Gasteiger partial charge in [0.2, 0.25) is 0 Å². The highest BCUT2D eigenvalue weighted by Crippen LogP contribution is 2.44. The van der Waals surface area contributed by atoms with Gasteiger partial charge in [0.05, 0.1) is 12.2 Å². The smallest absolute Gasteiger partial charge is 0.341 e. The van der Waals surface area contributed by atoms with Crippen LogP contribution in [0, 0.1) is 11.3 Å². The number of carbonyl (C=O) groups excluding carboxylic acids is 3. The molecule has 1 aromatic rings. The summed E-state index contributed by atoms with van der Waals surface area (Å²) in [6.07, 6.45) is 2.65. The summed E-state index contributed by atoms with van der Waals surface area (Å²) in [6.45, 7) is 13.0. The highest BCUT2D eigenvalue weighted by Gasteiger charge is 2.37. The van der Waals surface area contributed by atoms with Crippen LogP contribution in [-0.2, 0) is 31.9 Å². The van der Waals surface area contributed by atoms with Crippen molar-refractivity contribution in [2.24, 2.45) is 11.3 Å². The largest absolute Gasteiger partial charge is 0.462 e. The lowest BCUT2D eigenvalue weighted by Gasteiger charge is -2.33. The van der Waals surface area contributed by atoms with Crippen molar-refractivity contribution in [3.05, 3.63) is 16.0 Å². The number of thiophene rings is 1. The third-order valence-corrected chi connectivity index (χ3v) is 6.31. The average molecular weight is 410 g/mol. The van der Waals surface area contributed by atoms with Gasteiger partial charge in [-0.3, -0.25) is 9.59 Å². The number of ether oxygens (including phenoxy) is 2. The summed E-state index contributed by atoms with van der Waals surface area (Å²) < 4.78 is 10.4. The van der Waals surface area contributed by atoms with Crippen LogP contribution in [0.3, 0.4) is 0 Å². The van der Waals surface area contributed by atoms with Crippen molar-refractivity contribution < 1.29 is 23.9 Å². The van der Waals surface area contributed by atoms with Crippen LogP contribution in [0.5, 0.6) is 0 Å². The fraction of sp³-hybridized carbons (Fsp3) is 0.667. The molecular weight excluding hydrogens is 378 g/mol. The third-order valence-electron chi connectivity index (χ3n) is 5.14. The van der Waals surface area contributed by atoms with Crippen molar-refractivity contribution in [1.29, 1.82) is 0 Å². The maximum Gasteiger partial charge on any atom is 0.341 e. The van der Waals surface area contributed by atoms with Crippen LogP contribution >= 0.6 is 11.3 Å². The number of esters is 2. The Morgan fingerprint density at radius 1 is 1.18 bits per heavy atom. The molecule has 1 aromatic heterocycles. The molecule has 7 heteroatoms. The van der Waals surface area contributed by atoms with Gasteiger partial charge in [-0.1, -0.05) is 20.8 Å². The molecule has 1 N–H and O–H groups in total. The van der Waals surface area contributed by atoms with E-state index in [-0.39, 0.29) is 12.0 Å². The van der Waals surface area contributed by atoms with E-state index in [0.717, 1.165) is 29.7 Å². The first kappa shape index (κ1) is 22.4.